The van der Waals surface area contributed by atoms with Gasteiger partial charge in [0, 0.05) is 28.3 Å². The van der Waals surface area contributed by atoms with Gasteiger partial charge in [-0.3, -0.25) is 4.79 Å². The largest absolute Gasteiger partial charge is 0.475 e. The number of fused-ring (bicyclic) bond motifs is 6. The molecular formula is C81H70NO9+. The fraction of sp³-hybridized carbons (Fsp3) is 0.185. The number of carbonyl (C=O) groups is 1. The lowest BCUT2D eigenvalue weighted by molar-refractivity contribution is -0.878. The highest BCUT2D eigenvalue weighted by atomic mass is 16.7. The minimum atomic E-state index is -1.58. The van der Waals surface area contributed by atoms with Gasteiger partial charge >= 0.3 is 17.7 Å². The van der Waals surface area contributed by atoms with Gasteiger partial charge in [0.2, 0.25) is 17.3 Å². The van der Waals surface area contributed by atoms with Crippen molar-refractivity contribution in [1.82, 2.24) is 0 Å². The third kappa shape index (κ3) is 12.1. The molecule has 3 aliphatic carbocycles. The van der Waals surface area contributed by atoms with Crippen molar-refractivity contribution < 1.29 is 47.5 Å². The summed E-state index contributed by atoms with van der Waals surface area (Å²) in [6.45, 7) is 2.48. The average Bonchev–Trinajstić information content (AvgIpc) is 0.770. The minimum Gasteiger partial charge on any atom is -0.448 e. The number of hydrogen-bond donors (Lipinski definition) is 0. The quantitative estimate of drug-likeness (QED) is 0.0302. The highest BCUT2D eigenvalue weighted by Gasteiger charge is 2.50. The Labute approximate surface area is 531 Å². The molecule has 10 nitrogen and oxygen atoms in total. The summed E-state index contributed by atoms with van der Waals surface area (Å²) < 4.78 is 54.1. The van der Waals surface area contributed by atoms with Crippen molar-refractivity contribution in [2.45, 2.75) is 76.4 Å². The van der Waals surface area contributed by atoms with Gasteiger partial charge in [0.05, 0.1) is 25.0 Å². The Morgan fingerprint density at radius 3 is 1.89 bits per heavy atom. The third-order valence-corrected chi connectivity index (χ3v) is 17.3. The molecule has 0 N–H and O–H groups in total. The predicted molar refractivity (Wildman–Crippen MR) is 358 cm³/mol. The molecule has 10 aromatic carbocycles. The number of allylic oxidation sites excluding steroid dienone is 2. The minimum absolute atomic E-state index is 0.00323. The molecule has 1 heterocycles. The smallest absolute Gasteiger partial charge is 0.448 e. The van der Waals surface area contributed by atoms with Gasteiger partial charge in [-0.1, -0.05) is 270 Å². The number of ether oxygens (including phenoxy) is 7. The maximum Gasteiger partial charge on any atom is 0.475 e. The van der Waals surface area contributed by atoms with Gasteiger partial charge in [0.25, 0.3) is 11.5 Å². The number of para-hydroxylation sites is 1. The molecule has 11 aromatic rings. The molecule has 0 amide bonds. The van der Waals surface area contributed by atoms with Crippen LogP contribution in [-0.2, 0) is 16.0 Å². The van der Waals surface area contributed by atoms with Crippen LogP contribution >= 0.6 is 0 Å². The van der Waals surface area contributed by atoms with E-state index in [1.54, 1.807) is 0 Å². The molecule has 1 fully saturated rings. The van der Waals surface area contributed by atoms with E-state index in [1.807, 2.05) is 200 Å². The highest BCUT2D eigenvalue weighted by molar-refractivity contribution is 6.05. The molecule has 0 spiro atoms. The second kappa shape index (κ2) is 26.7. The van der Waals surface area contributed by atoms with Crippen molar-refractivity contribution in [3.63, 3.8) is 0 Å². The van der Waals surface area contributed by atoms with Crippen molar-refractivity contribution in [1.29, 1.82) is 0 Å². The Kier molecular flexibility index (Phi) is 17.1. The van der Waals surface area contributed by atoms with E-state index >= 15 is 0 Å². The number of esters is 1. The molecular weight excluding hydrogens is 1130 g/mol. The second-order valence-corrected chi connectivity index (χ2v) is 23.3. The summed E-state index contributed by atoms with van der Waals surface area (Å²) in [5.41, 5.74) is 7.71. The van der Waals surface area contributed by atoms with E-state index in [2.05, 4.69) is 67.6 Å². The van der Waals surface area contributed by atoms with Gasteiger partial charge in [0.1, 0.15) is 22.0 Å². The van der Waals surface area contributed by atoms with Gasteiger partial charge in [-0.25, -0.2) is 4.84 Å². The number of aromatic nitrogens is 1. The Morgan fingerprint density at radius 1 is 0.484 bits per heavy atom. The zero-order valence-electron chi connectivity index (χ0n) is 50.9. The first-order chi connectivity index (χ1) is 45.0. The van der Waals surface area contributed by atoms with Crippen LogP contribution in [-0.4, -0.2) is 25.0 Å². The molecule has 0 saturated heterocycles. The average molecular weight is 1200 g/mol. The lowest BCUT2D eigenvalue weighted by Crippen LogP contribution is -2.47. The van der Waals surface area contributed by atoms with Gasteiger partial charge < -0.3 is 33.2 Å². The van der Waals surface area contributed by atoms with E-state index in [0.29, 0.717) is 42.1 Å². The standard InChI is InChI=1S/C81H70NO9/c1-2-54-85-81(53-26-25-46-68(81)60-35-15-8-16-36-60)90-77-75(86-69-47-24-23-41-62(69)57-31-13-7-14-32-57)76(87-71-49-28-45-67-65-43-21-22-44-66(65)73(67)71)79(88-70-48-27-39-58-33-17-19-40-63(58)70)82(78(77)84-55-52-56-29-9-6-10-30-56)91-72-51-50-59-34-18-20-42-64(59)74(72)89-80(83)61-37-11-4-3-5-12-38-61/h6-10,13-36,39-51,53,61,68H,2-5,11-12,37-38,52,54-55H2,1H3/q+1. The summed E-state index contributed by atoms with van der Waals surface area (Å²) in [4.78, 5) is 22.6. The zero-order valence-corrected chi connectivity index (χ0v) is 50.9. The van der Waals surface area contributed by atoms with Gasteiger partial charge in [-0.05, 0) is 93.8 Å². The van der Waals surface area contributed by atoms with E-state index in [9.17, 15) is 4.79 Å². The molecule has 91 heavy (non-hydrogen) atoms. The third-order valence-electron chi connectivity index (χ3n) is 17.3. The first kappa shape index (κ1) is 58.3. The van der Waals surface area contributed by atoms with Gasteiger partial charge in [0.15, 0.2) is 5.75 Å². The fourth-order valence-electron chi connectivity index (χ4n) is 12.7. The maximum atomic E-state index is 14.9. The Balaban J connectivity index is 1.10. The molecule has 0 bridgehead atoms. The number of carbonyl (C=O) groups excluding carboxylic acids is 1. The second-order valence-electron chi connectivity index (χ2n) is 23.3. The molecule has 0 aliphatic heterocycles. The van der Waals surface area contributed by atoms with Crippen molar-refractivity contribution in [2.75, 3.05) is 13.2 Å². The molecule has 452 valence electrons. The van der Waals surface area contributed by atoms with Crippen LogP contribution in [0, 0.1) is 5.92 Å². The predicted octanol–water partition coefficient (Wildman–Crippen LogP) is 20.1. The molecule has 2 atom stereocenters. The number of pyridine rings is 1. The fourth-order valence-corrected chi connectivity index (χ4v) is 12.7. The van der Waals surface area contributed by atoms with E-state index in [4.69, 9.17) is 38.0 Å². The SMILES string of the molecule is CCCOC1(Oc2c(Oc3ccccc3-c3ccccc3)c(Oc3cccc4c3-c3ccccc3-4)c(Oc3cccc4ccccc34)[n+](Oc3ccc4ccccc4c3OC(=O)C3CCCCCCC3)c2OCCc2ccccc2)C=CC=CC1c1ccccc1. The van der Waals surface area contributed by atoms with Gasteiger partial charge in [-0.15, -0.1) is 0 Å². The monoisotopic (exact) mass is 1200 g/mol. The van der Waals surface area contributed by atoms with Crippen LogP contribution in [0.2, 0.25) is 0 Å². The maximum absolute atomic E-state index is 14.9. The van der Waals surface area contributed by atoms with Crippen molar-refractivity contribution in [3.8, 4) is 91.1 Å². The van der Waals surface area contributed by atoms with E-state index < -0.39 is 11.7 Å². The molecule has 0 radical (unpaired) electrons. The molecule has 14 rings (SSSR count). The summed E-state index contributed by atoms with van der Waals surface area (Å²) in [5, 5.41) is 3.26. The van der Waals surface area contributed by atoms with E-state index in [-0.39, 0.29) is 59.0 Å². The molecule has 10 heteroatoms. The Bertz CT molecular complexity index is 4460. The molecule has 3 aliphatic rings. The number of rotatable bonds is 21. The van der Waals surface area contributed by atoms with Crippen molar-refractivity contribution in [2.24, 2.45) is 5.92 Å². The first-order valence-electron chi connectivity index (χ1n) is 31.9. The number of benzene rings is 10. The van der Waals surface area contributed by atoms with Gasteiger partial charge in [-0.2, -0.15) is 0 Å². The number of hydrogen-bond acceptors (Lipinski definition) is 9. The van der Waals surface area contributed by atoms with Crippen LogP contribution < -0.4 is 38.0 Å². The van der Waals surface area contributed by atoms with Crippen LogP contribution in [0.3, 0.4) is 0 Å². The zero-order chi connectivity index (χ0) is 61.4. The Hall–Kier alpha value is -10.4. The van der Waals surface area contributed by atoms with Crippen molar-refractivity contribution in [3.05, 3.63) is 272 Å². The highest BCUT2D eigenvalue weighted by Crippen LogP contribution is 2.58. The van der Waals surface area contributed by atoms with Crippen LogP contribution in [0.4, 0.5) is 0 Å². The summed E-state index contributed by atoms with van der Waals surface area (Å²) >= 11 is 0. The van der Waals surface area contributed by atoms with Crippen LogP contribution in [0.5, 0.6) is 57.8 Å². The van der Waals surface area contributed by atoms with Crippen LogP contribution in [0.15, 0.2) is 261 Å². The van der Waals surface area contributed by atoms with Crippen LogP contribution in [0.25, 0.3) is 54.9 Å². The summed E-state index contributed by atoms with van der Waals surface area (Å²) in [6.07, 6.45) is 15.8. The lowest BCUT2D eigenvalue weighted by atomic mass is 9.80. The van der Waals surface area contributed by atoms with E-state index in [1.165, 1.54) is 4.73 Å². The normalized spacial score (nSPS) is 15.9. The Morgan fingerprint density at radius 2 is 1.10 bits per heavy atom. The van der Waals surface area contributed by atoms with E-state index in [0.717, 1.165) is 106 Å². The number of nitrogens with zero attached hydrogens (tertiary/aromatic N) is 1. The van der Waals surface area contributed by atoms with Crippen molar-refractivity contribution >= 4 is 27.5 Å². The molecule has 1 aromatic heterocycles. The summed E-state index contributed by atoms with van der Waals surface area (Å²) in [7, 11) is 0. The summed E-state index contributed by atoms with van der Waals surface area (Å²) in [5.74, 6) is -0.621. The first-order valence-corrected chi connectivity index (χ1v) is 31.9. The molecule has 1 saturated carbocycles. The molecule has 2 unspecified atom stereocenters. The van der Waals surface area contributed by atoms with Crippen LogP contribution in [0.1, 0.15) is 75.3 Å². The topological polar surface area (TPSA) is 94.8 Å². The lowest BCUT2D eigenvalue weighted by Gasteiger charge is -2.38. The summed E-state index contributed by atoms with van der Waals surface area (Å²) in [6, 6.07) is 78.4.